The smallest absolute Gasteiger partial charge is 0.330 e. The lowest BCUT2D eigenvalue weighted by Crippen LogP contribution is -2.38. The van der Waals surface area contributed by atoms with Gasteiger partial charge in [-0.15, -0.1) is 0 Å². The van der Waals surface area contributed by atoms with Crippen molar-refractivity contribution in [1.82, 2.24) is 9.55 Å². The molecule has 224 valence electrons. The van der Waals surface area contributed by atoms with Gasteiger partial charge in [0.05, 0.1) is 20.8 Å². The molecular weight excluding hydrogens is 607 g/mol. The van der Waals surface area contributed by atoms with E-state index in [9.17, 15) is 9.59 Å². The standard InChI is InChI=1S/C31H31N2O7PS2/c1-20-18-33(30(35)32-29(20)34)28-17-26(40-41(42)43)27(39-28)19-38-31(21-7-5-4-6-8-21,22-9-13-24(36-2)14-10-22)23-11-15-25(37-3)16-12-23/h4-16,18,26-28H,17,19H2,1-3H3,(H,32,34,35)/t26-,27+,28+/m0/s1. The van der Waals surface area contributed by atoms with Crippen molar-refractivity contribution in [2.75, 3.05) is 20.8 Å². The summed E-state index contributed by atoms with van der Waals surface area (Å²) in [4.78, 5) is 27.0. The van der Waals surface area contributed by atoms with Gasteiger partial charge in [-0.1, -0.05) is 54.6 Å². The van der Waals surface area contributed by atoms with Crippen molar-refractivity contribution >= 4 is 30.2 Å². The van der Waals surface area contributed by atoms with Gasteiger partial charge in [0, 0.05) is 18.2 Å². The van der Waals surface area contributed by atoms with Gasteiger partial charge < -0.3 is 31.2 Å². The van der Waals surface area contributed by atoms with Gasteiger partial charge in [-0.05, 0) is 47.9 Å². The molecule has 1 aliphatic rings. The quantitative estimate of drug-likeness (QED) is 0.140. The van der Waals surface area contributed by atoms with E-state index in [4.69, 9.17) is 47.5 Å². The molecule has 3 aromatic carbocycles. The number of nitrogens with zero attached hydrogens (tertiary/aromatic N) is 1. The Morgan fingerprint density at radius 3 is 2.05 bits per heavy atom. The summed E-state index contributed by atoms with van der Waals surface area (Å²) in [5.74, 6) is 1.42. The van der Waals surface area contributed by atoms with Crippen LogP contribution in [0.4, 0.5) is 0 Å². The Balaban J connectivity index is 1.58. The Kier molecular flexibility index (Phi) is 9.81. The monoisotopic (exact) mass is 638 g/mol. The van der Waals surface area contributed by atoms with Crippen molar-refractivity contribution in [2.24, 2.45) is 0 Å². The van der Waals surface area contributed by atoms with Crippen molar-refractivity contribution in [3.8, 4) is 11.5 Å². The predicted octanol–water partition coefficient (Wildman–Crippen LogP) is 4.86. The highest BCUT2D eigenvalue weighted by Gasteiger charge is 2.44. The minimum absolute atomic E-state index is 0.0685. The van der Waals surface area contributed by atoms with Crippen LogP contribution in [0.2, 0.25) is 0 Å². The molecule has 43 heavy (non-hydrogen) atoms. The number of ether oxygens (including phenoxy) is 4. The lowest BCUT2D eigenvalue weighted by atomic mass is 9.80. The van der Waals surface area contributed by atoms with Crippen LogP contribution < -0.4 is 20.7 Å². The number of hydrogen-bond donors (Lipinski definition) is 1. The van der Waals surface area contributed by atoms with Gasteiger partial charge in [0.25, 0.3) is 5.56 Å². The van der Waals surface area contributed by atoms with E-state index in [0.29, 0.717) is 23.5 Å². The highest BCUT2D eigenvalue weighted by atomic mass is 32.9. The van der Waals surface area contributed by atoms with E-state index in [2.05, 4.69) is 4.98 Å². The van der Waals surface area contributed by atoms with Crippen molar-refractivity contribution in [1.29, 1.82) is 0 Å². The van der Waals surface area contributed by atoms with Gasteiger partial charge >= 0.3 is 5.69 Å². The second-order valence-corrected chi connectivity index (χ2v) is 13.4. The first kappa shape index (κ1) is 31.1. The predicted molar refractivity (Wildman–Crippen MR) is 169 cm³/mol. The maximum Gasteiger partial charge on any atom is 0.330 e. The van der Waals surface area contributed by atoms with Crippen LogP contribution >= 0.6 is 6.13 Å². The average Bonchev–Trinajstić information content (AvgIpc) is 3.41. The maximum absolute atomic E-state index is 12.7. The average molecular weight is 639 g/mol. The van der Waals surface area contributed by atoms with Gasteiger partial charge in [0.2, 0.25) is 6.13 Å². The molecule has 0 amide bonds. The minimum Gasteiger partial charge on any atom is -0.497 e. The maximum atomic E-state index is 12.7. The summed E-state index contributed by atoms with van der Waals surface area (Å²) in [6.07, 6.45) is -1.66. The molecule has 0 aliphatic carbocycles. The molecule has 5 rings (SSSR count). The van der Waals surface area contributed by atoms with E-state index < -0.39 is 41.4 Å². The number of benzene rings is 3. The normalized spacial score (nSPS) is 18.8. The van der Waals surface area contributed by atoms with E-state index in [-0.39, 0.29) is 6.61 Å². The fourth-order valence-corrected chi connectivity index (χ4v) is 6.43. The van der Waals surface area contributed by atoms with Gasteiger partial charge in [0.1, 0.15) is 35.5 Å². The van der Waals surface area contributed by atoms with E-state index in [1.807, 2.05) is 78.9 Å². The zero-order chi connectivity index (χ0) is 30.6. The van der Waals surface area contributed by atoms with Crippen LogP contribution in [0.3, 0.4) is 0 Å². The Bertz CT molecular complexity index is 1630. The van der Waals surface area contributed by atoms with Gasteiger partial charge in [0.15, 0.2) is 11.8 Å². The van der Waals surface area contributed by atoms with Crippen molar-refractivity contribution in [3.63, 3.8) is 0 Å². The van der Waals surface area contributed by atoms with Crippen LogP contribution in [0.5, 0.6) is 11.5 Å². The lowest BCUT2D eigenvalue weighted by Gasteiger charge is -2.37. The van der Waals surface area contributed by atoms with Crippen LogP contribution in [0.15, 0.2) is 94.6 Å². The van der Waals surface area contributed by atoms with Crippen LogP contribution in [-0.4, -0.2) is 42.6 Å². The fraction of sp³-hybridized carbons (Fsp3) is 0.290. The second-order valence-electron chi connectivity index (χ2n) is 10.0. The summed E-state index contributed by atoms with van der Waals surface area (Å²) >= 11 is 10.5. The molecule has 1 unspecified atom stereocenters. The van der Waals surface area contributed by atoms with Crippen molar-refractivity contribution in [3.05, 3.63) is 128 Å². The summed E-state index contributed by atoms with van der Waals surface area (Å²) in [6.45, 7) is 1.70. The number of methoxy groups -OCH3 is 2. The summed E-state index contributed by atoms with van der Waals surface area (Å²) in [5, 5.41) is 0. The van der Waals surface area contributed by atoms with E-state index in [1.165, 1.54) is 10.8 Å². The first-order valence-corrected chi connectivity index (χ1v) is 16.8. The third-order valence-corrected chi connectivity index (χ3v) is 8.45. The molecule has 0 saturated carbocycles. The number of aryl methyl sites for hydroxylation is 1. The number of nitrogens with one attached hydrogen (secondary N) is 1. The summed E-state index contributed by atoms with van der Waals surface area (Å²) in [6, 6.07) is 25.3. The van der Waals surface area contributed by atoms with Crippen LogP contribution in [0.1, 0.15) is 34.9 Å². The highest BCUT2D eigenvalue weighted by molar-refractivity contribution is 8.45. The number of aromatic nitrogens is 2. The molecule has 1 N–H and O–H groups in total. The lowest BCUT2D eigenvalue weighted by molar-refractivity contribution is -0.0904. The number of rotatable bonds is 11. The molecular formula is C31H31N2O7PS2. The molecule has 2 heterocycles. The zero-order valence-corrected chi connectivity index (χ0v) is 26.3. The first-order chi connectivity index (χ1) is 20.7. The Morgan fingerprint density at radius 2 is 1.51 bits per heavy atom. The molecule has 1 fully saturated rings. The molecule has 1 saturated heterocycles. The summed E-state index contributed by atoms with van der Waals surface area (Å²) < 4.78 is 31.6. The molecule has 4 atom stereocenters. The molecule has 0 radical (unpaired) electrons. The summed E-state index contributed by atoms with van der Waals surface area (Å²) in [7, 11) is 3.24. The fourth-order valence-electron chi connectivity index (χ4n) is 5.32. The van der Waals surface area contributed by atoms with E-state index in [1.54, 1.807) is 21.1 Å². The van der Waals surface area contributed by atoms with Crippen LogP contribution in [0, 0.1) is 6.92 Å². The first-order valence-electron chi connectivity index (χ1n) is 13.5. The Morgan fingerprint density at radius 1 is 0.953 bits per heavy atom. The highest BCUT2D eigenvalue weighted by Crippen LogP contribution is 2.43. The molecule has 0 spiro atoms. The largest absolute Gasteiger partial charge is 0.497 e. The third-order valence-electron chi connectivity index (χ3n) is 7.50. The number of aromatic amines is 1. The Labute approximate surface area is 260 Å². The molecule has 1 aromatic heterocycles. The van der Waals surface area contributed by atoms with Gasteiger partial charge in [-0.3, -0.25) is 14.3 Å². The molecule has 4 aromatic rings. The van der Waals surface area contributed by atoms with E-state index >= 15 is 0 Å². The second kappa shape index (κ2) is 13.5. The van der Waals surface area contributed by atoms with Gasteiger partial charge in [-0.2, -0.15) is 4.52 Å². The molecule has 0 bridgehead atoms. The molecule has 12 heteroatoms. The van der Waals surface area contributed by atoms with Crippen molar-refractivity contribution in [2.45, 2.75) is 37.4 Å². The van der Waals surface area contributed by atoms with Crippen LogP contribution in [0.25, 0.3) is 0 Å². The minimum atomic E-state index is -1.57. The molecule has 1 aliphatic heterocycles. The molecule has 9 nitrogen and oxygen atoms in total. The zero-order valence-electron chi connectivity index (χ0n) is 23.8. The third kappa shape index (κ3) is 6.62. The van der Waals surface area contributed by atoms with Gasteiger partial charge in [-0.25, -0.2) is 4.79 Å². The topological polar surface area (TPSA) is 101 Å². The Hall–Kier alpha value is -3.31. The SMILES string of the molecule is COc1ccc(C(OC[C@H]2O[C@@H](n3cc(C)c(=O)[nH]c3=O)C[C@@H]2O[P+](=S)[S-])(c2ccccc2)c2ccc(OC)cc2)cc1. The van der Waals surface area contributed by atoms with Crippen LogP contribution in [-0.2, 0) is 43.7 Å². The number of H-pyrrole nitrogens is 1. The van der Waals surface area contributed by atoms with E-state index in [0.717, 1.165) is 16.7 Å². The summed E-state index contributed by atoms with van der Waals surface area (Å²) in [5.41, 5.74) is 0.892. The number of hydrogen-bond acceptors (Lipinski definition) is 9. The van der Waals surface area contributed by atoms with Crippen molar-refractivity contribution < 1.29 is 23.5 Å².